The SMILES string of the molecule is OC1(C2(F)CNC2)CC1. The van der Waals surface area contributed by atoms with Crippen LogP contribution in [0.25, 0.3) is 0 Å². The Morgan fingerprint density at radius 1 is 1.33 bits per heavy atom. The molecule has 2 N–H and O–H groups in total. The lowest BCUT2D eigenvalue weighted by Crippen LogP contribution is -2.64. The molecule has 2 nitrogen and oxygen atoms in total. The van der Waals surface area contributed by atoms with Crippen LogP contribution in [0.3, 0.4) is 0 Å². The van der Waals surface area contributed by atoms with Crippen LogP contribution < -0.4 is 5.32 Å². The Morgan fingerprint density at radius 2 is 1.89 bits per heavy atom. The number of alkyl halides is 1. The summed E-state index contributed by atoms with van der Waals surface area (Å²) < 4.78 is 13.2. The maximum Gasteiger partial charge on any atom is 0.164 e. The van der Waals surface area contributed by atoms with Crippen LogP contribution in [0, 0.1) is 0 Å². The van der Waals surface area contributed by atoms with Gasteiger partial charge in [-0.15, -0.1) is 0 Å². The first-order valence-corrected chi connectivity index (χ1v) is 3.28. The Kier molecular flexibility index (Phi) is 0.810. The van der Waals surface area contributed by atoms with Gasteiger partial charge in [0.2, 0.25) is 0 Å². The summed E-state index contributed by atoms with van der Waals surface area (Å²) in [5.41, 5.74) is -2.23. The second kappa shape index (κ2) is 1.30. The number of nitrogens with one attached hydrogen (secondary N) is 1. The highest BCUT2D eigenvalue weighted by atomic mass is 19.1. The van der Waals surface area contributed by atoms with E-state index >= 15 is 0 Å². The molecule has 0 bridgehead atoms. The molecule has 9 heavy (non-hydrogen) atoms. The molecule has 0 amide bonds. The van der Waals surface area contributed by atoms with Crippen molar-refractivity contribution in [3.05, 3.63) is 0 Å². The van der Waals surface area contributed by atoms with E-state index in [-0.39, 0.29) is 0 Å². The van der Waals surface area contributed by atoms with Gasteiger partial charge < -0.3 is 10.4 Å². The molecular weight excluding hydrogens is 121 g/mol. The minimum Gasteiger partial charge on any atom is -0.386 e. The third-order valence-corrected chi connectivity index (χ3v) is 2.37. The molecule has 1 aliphatic carbocycles. The fourth-order valence-electron chi connectivity index (χ4n) is 1.24. The monoisotopic (exact) mass is 131 g/mol. The molecule has 2 aliphatic rings. The van der Waals surface area contributed by atoms with Crippen molar-refractivity contribution >= 4 is 0 Å². The van der Waals surface area contributed by atoms with Crippen LogP contribution in [0.2, 0.25) is 0 Å². The topological polar surface area (TPSA) is 32.3 Å². The lowest BCUT2D eigenvalue weighted by atomic mass is 9.90. The first-order chi connectivity index (χ1) is 4.16. The summed E-state index contributed by atoms with van der Waals surface area (Å²) in [6, 6.07) is 0. The lowest BCUT2D eigenvalue weighted by molar-refractivity contribution is -0.0631. The maximum atomic E-state index is 13.2. The van der Waals surface area contributed by atoms with E-state index < -0.39 is 11.3 Å². The van der Waals surface area contributed by atoms with Gasteiger partial charge in [0.15, 0.2) is 5.67 Å². The molecule has 0 aromatic carbocycles. The van der Waals surface area contributed by atoms with Crippen molar-refractivity contribution in [2.75, 3.05) is 13.1 Å². The van der Waals surface area contributed by atoms with Gasteiger partial charge in [0, 0.05) is 13.1 Å². The third-order valence-electron chi connectivity index (χ3n) is 2.37. The van der Waals surface area contributed by atoms with E-state index in [4.69, 9.17) is 0 Å². The highest BCUT2D eigenvalue weighted by molar-refractivity contribution is 5.16. The van der Waals surface area contributed by atoms with Gasteiger partial charge >= 0.3 is 0 Å². The normalized spacial score (nSPS) is 35.3. The van der Waals surface area contributed by atoms with E-state index in [9.17, 15) is 9.50 Å². The van der Waals surface area contributed by atoms with Crippen LogP contribution >= 0.6 is 0 Å². The minimum atomic E-state index is -1.28. The van der Waals surface area contributed by atoms with Crippen molar-refractivity contribution in [3.8, 4) is 0 Å². The van der Waals surface area contributed by atoms with E-state index in [0.29, 0.717) is 25.9 Å². The highest BCUT2D eigenvalue weighted by Crippen LogP contribution is 2.48. The average Bonchev–Trinajstić information content (AvgIpc) is 2.43. The molecule has 2 fully saturated rings. The van der Waals surface area contributed by atoms with Gasteiger partial charge in [-0.3, -0.25) is 0 Å². The summed E-state index contributed by atoms with van der Waals surface area (Å²) in [6.45, 7) is 0.674. The molecule has 0 atom stereocenters. The van der Waals surface area contributed by atoms with Gasteiger partial charge in [0.05, 0.1) is 0 Å². The highest BCUT2D eigenvalue weighted by Gasteiger charge is 2.62. The Bertz CT molecular complexity index is 140. The molecule has 0 aromatic heterocycles. The van der Waals surface area contributed by atoms with Crippen LogP contribution in [0.4, 0.5) is 4.39 Å². The Hall–Kier alpha value is -0.150. The molecule has 1 heterocycles. The summed E-state index contributed by atoms with van der Waals surface area (Å²) >= 11 is 0. The van der Waals surface area contributed by atoms with Crippen LogP contribution in [0.15, 0.2) is 0 Å². The van der Waals surface area contributed by atoms with Gasteiger partial charge in [0.25, 0.3) is 0 Å². The number of hydrogen-bond acceptors (Lipinski definition) is 2. The van der Waals surface area contributed by atoms with Crippen molar-refractivity contribution in [3.63, 3.8) is 0 Å². The number of halogens is 1. The number of hydrogen-bond donors (Lipinski definition) is 2. The predicted octanol–water partition coefficient (Wildman–Crippen LogP) is -0.177. The molecule has 1 saturated heterocycles. The Morgan fingerprint density at radius 3 is 2.00 bits per heavy atom. The summed E-state index contributed by atoms with van der Waals surface area (Å²) in [5.74, 6) is 0. The zero-order chi connectivity index (χ0) is 6.54. The van der Waals surface area contributed by atoms with Crippen molar-refractivity contribution in [2.24, 2.45) is 0 Å². The molecular formula is C6H10FNO. The van der Waals surface area contributed by atoms with E-state index in [1.54, 1.807) is 0 Å². The van der Waals surface area contributed by atoms with Crippen LogP contribution in [0.1, 0.15) is 12.8 Å². The van der Waals surface area contributed by atoms with E-state index in [1.165, 1.54) is 0 Å². The van der Waals surface area contributed by atoms with Crippen molar-refractivity contribution in [1.82, 2.24) is 5.32 Å². The molecule has 1 aliphatic heterocycles. The van der Waals surface area contributed by atoms with Gasteiger partial charge in [-0.25, -0.2) is 4.39 Å². The Balaban J connectivity index is 2.11. The molecule has 0 radical (unpaired) electrons. The second-order valence-corrected chi connectivity index (χ2v) is 3.10. The van der Waals surface area contributed by atoms with Gasteiger partial charge in [-0.1, -0.05) is 0 Å². The summed E-state index contributed by atoms with van der Waals surface area (Å²) in [7, 11) is 0. The average molecular weight is 131 g/mol. The first kappa shape index (κ1) is 5.62. The molecule has 0 aromatic rings. The zero-order valence-corrected chi connectivity index (χ0v) is 5.15. The second-order valence-electron chi connectivity index (χ2n) is 3.10. The predicted molar refractivity (Wildman–Crippen MR) is 30.9 cm³/mol. The molecule has 3 heteroatoms. The molecule has 0 unspecified atom stereocenters. The summed E-state index contributed by atoms with van der Waals surface area (Å²) in [6.07, 6.45) is 1.29. The molecule has 1 saturated carbocycles. The lowest BCUT2D eigenvalue weighted by Gasteiger charge is -2.39. The quantitative estimate of drug-likeness (QED) is 0.517. The number of aliphatic hydroxyl groups is 1. The van der Waals surface area contributed by atoms with Crippen LogP contribution in [0.5, 0.6) is 0 Å². The fourth-order valence-corrected chi connectivity index (χ4v) is 1.24. The zero-order valence-electron chi connectivity index (χ0n) is 5.15. The van der Waals surface area contributed by atoms with Crippen molar-refractivity contribution < 1.29 is 9.50 Å². The van der Waals surface area contributed by atoms with Gasteiger partial charge in [-0.2, -0.15) is 0 Å². The fraction of sp³-hybridized carbons (Fsp3) is 1.00. The van der Waals surface area contributed by atoms with Gasteiger partial charge in [-0.05, 0) is 12.8 Å². The van der Waals surface area contributed by atoms with Crippen LogP contribution in [-0.4, -0.2) is 29.5 Å². The van der Waals surface area contributed by atoms with E-state index in [2.05, 4.69) is 5.32 Å². The number of rotatable bonds is 1. The minimum absolute atomic E-state index is 0.337. The van der Waals surface area contributed by atoms with Gasteiger partial charge in [0.1, 0.15) is 5.60 Å². The third kappa shape index (κ3) is 0.563. The smallest absolute Gasteiger partial charge is 0.164 e. The summed E-state index contributed by atoms with van der Waals surface area (Å²) in [5, 5.41) is 12.1. The van der Waals surface area contributed by atoms with Crippen molar-refractivity contribution in [2.45, 2.75) is 24.1 Å². The molecule has 52 valence electrons. The Labute approximate surface area is 53.1 Å². The molecule has 2 rings (SSSR count). The summed E-state index contributed by atoms with van der Waals surface area (Å²) in [4.78, 5) is 0. The van der Waals surface area contributed by atoms with Crippen molar-refractivity contribution in [1.29, 1.82) is 0 Å². The van der Waals surface area contributed by atoms with E-state index in [1.807, 2.05) is 0 Å². The van der Waals surface area contributed by atoms with Crippen LogP contribution in [-0.2, 0) is 0 Å². The standard InChI is InChI=1S/C6H10FNO/c7-5(3-8-4-5)6(9)1-2-6/h8-9H,1-4H2. The van der Waals surface area contributed by atoms with E-state index in [0.717, 1.165) is 0 Å². The first-order valence-electron chi connectivity index (χ1n) is 3.28. The largest absolute Gasteiger partial charge is 0.386 e. The molecule has 0 spiro atoms. The maximum absolute atomic E-state index is 13.2.